The van der Waals surface area contributed by atoms with Gasteiger partial charge >= 0.3 is 12.1 Å². The number of thioether (sulfide) groups is 1. The second kappa shape index (κ2) is 14.0. The van der Waals surface area contributed by atoms with Crippen LogP contribution in [0, 0.1) is 0 Å². The molecule has 11 nitrogen and oxygen atoms in total. The summed E-state index contributed by atoms with van der Waals surface area (Å²) in [6.45, 7) is 0.761. The van der Waals surface area contributed by atoms with Crippen molar-refractivity contribution in [3.63, 3.8) is 0 Å². The summed E-state index contributed by atoms with van der Waals surface area (Å²) in [4.78, 5) is 59.1. The van der Waals surface area contributed by atoms with Crippen LogP contribution in [-0.2, 0) is 35.3 Å². The first-order valence-corrected chi connectivity index (χ1v) is 10.2. The molecule has 1 aromatic rings. The molecule has 0 saturated carbocycles. The van der Waals surface area contributed by atoms with E-state index in [2.05, 4.69) is 20.7 Å². The lowest BCUT2D eigenvalue weighted by Gasteiger charge is -2.18. The molecule has 0 unspecified atom stereocenters. The highest BCUT2D eigenvalue weighted by atomic mass is 32.2. The fourth-order valence-corrected chi connectivity index (χ4v) is 2.96. The molecule has 2 atom stereocenters. The third kappa shape index (κ3) is 10.5. The molecule has 0 saturated heterocycles. The van der Waals surface area contributed by atoms with Crippen molar-refractivity contribution in [2.75, 3.05) is 26.0 Å². The van der Waals surface area contributed by atoms with E-state index in [4.69, 9.17) is 10.5 Å². The average Bonchev–Trinajstić information content (AvgIpc) is 2.78. The summed E-state index contributed by atoms with van der Waals surface area (Å²) in [5.74, 6) is -2.10. The second-order valence-electron chi connectivity index (χ2n) is 6.18. The second-order valence-corrected chi connectivity index (χ2v) is 7.20. The number of alkyl carbamates (subject to hydrolysis) is 1. The Morgan fingerprint density at radius 2 is 1.77 bits per heavy atom. The smallest absolute Gasteiger partial charge is 0.408 e. The number of nitrogens with one attached hydrogen (secondary N) is 3. The Morgan fingerprint density at radius 3 is 2.39 bits per heavy atom. The number of ether oxygens (including phenoxy) is 2. The van der Waals surface area contributed by atoms with Crippen LogP contribution in [0.15, 0.2) is 30.3 Å². The zero-order valence-electron chi connectivity index (χ0n) is 17.2. The van der Waals surface area contributed by atoms with E-state index in [-0.39, 0.29) is 18.9 Å². The number of amides is 3. The van der Waals surface area contributed by atoms with Crippen molar-refractivity contribution in [1.82, 2.24) is 16.0 Å². The maximum atomic E-state index is 12.3. The van der Waals surface area contributed by atoms with Crippen molar-refractivity contribution in [1.29, 1.82) is 0 Å². The molecule has 3 amide bonds. The van der Waals surface area contributed by atoms with Gasteiger partial charge in [0.05, 0.1) is 19.7 Å². The minimum Gasteiger partial charge on any atom is -0.468 e. The van der Waals surface area contributed by atoms with Crippen molar-refractivity contribution in [2.45, 2.75) is 25.6 Å². The number of carbonyl (C=O) groups is 5. The minimum atomic E-state index is -1.12. The number of hydrogen-bond acceptors (Lipinski definition) is 9. The normalized spacial score (nSPS) is 12.1. The van der Waals surface area contributed by atoms with E-state index in [0.29, 0.717) is 0 Å². The number of hydrogen-bond donors (Lipinski definition) is 4. The van der Waals surface area contributed by atoms with E-state index in [1.165, 1.54) is 6.92 Å². The van der Waals surface area contributed by atoms with Crippen LogP contribution in [0.1, 0.15) is 12.5 Å². The van der Waals surface area contributed by atoms with Gasteiger partial charge in [-0.1, -0.05) is 42.1 Å². The molecule has 12 heteroatoms. The first-order valence-electron chi connectivity index (χ1n) is 9.24. The van der Waals surface area contributed by atoms with E-state index >= 15 is 0 Å². The molecule has 31 heavy (non-hydrogen) atoms. The van der Waals surface area contributed by atoms with Crippen molar-refractivity contribution < 1.29 is 33.4 Å². The Kier molecular flexibility index (Phi) is 11.7. The summed E-state index contributed by atoms with van der Waals surface area (Å²) < 4.78 is 9.48. The summed E-state index contributed by atoms with van der Waals surface area (Å²) in [7, 11) is 1.16. The Labute approximate surface area is 183 Å². The molecule has 0 aliphatic heterocycles. The zero-order chi connectivity index (χ0) is 23.2. The van der Waals surface area contributed by atoms with Gasteiger partial charge in [0.15, 0.2) is 0 Å². The molecule has 0 heterocycles. The maximum absolute atomic E-state index is 12.3. The zero-order valence-corrected chi connectivity index (χ0v) is 18.0. The van der Waals surface area contributed by atoms with Gasteiger partial charge in [-0.05, 0) is 12.5 Å². The molecule has 1 rings (SSSR count). The van der Waals surface area contributed by atoms with Crippen LogP contribution in [0.5, 0.6) is 0 Å². The first kappa shape index (κ1) is 25.9. The highest BCUT2D eigenvalue weighted by molar-refractivity contribution is 8.13. The van der Waals surface area contributed by atoms with Crippen LogP contribution in [0.3, 0.4) is 0 Å². The third-order valence-corrected chi connectivity index (χ3v) is 4.90. The van der Waals surface area contributed by atoms with Crippen LogP contribution < -0.4 is 21.7 Å². The summed E-state index contributed by atoms with van der Waals surface area (Å²) in [5.41, 5.74) is 6.03. The quantitative estimate of drug-likeness (QED) is 0.316. The van der Waals surface area contributed by atoms with Crippen molar-refractivity contribution in [3.8, 4) is 0 Å². The lowest BCUT2D eigenvalue weighted by molar-refractivity contribution is -0.141. The number of nitrogens with two attached hydrogens (primary N) is 1. The molecule has 1 aromatic carbocycles. The molecule has 0 spiro atoms. The maximum Gasteiger partial charge on any atom is 0.408 e. The van der Waals surface area contributed by atoms with Crippen LogP contribution in [0.25, 0.3) is 0 Å². The topological polar surface area (TPSA) is 166 Å². The minimum absolute atomic E-state index is 0.0499. The van der Waals surface area contributed by atoms with Crippen LogP contribution >= 0.6 is 11.8 Å². The molecule has 0 bridgehead atoms. The number of esters is 1. The molecule has 0 aliphatic carbocycles. The van der Waals surface area contributed by atoms with Crippen molar-refractivity contribution in [3.05, 3.63) is 35.9 Å². The summed E-state index contributed by atoms with van der Waals surface area (Å²) >= 11 is 0.728. The van der Waals surface area contributed by atoms with Gasteiger partial charge in [-0.15, -0.1) is 0 Å². The number of carbonyl (C=O) groups excluding carboxylic acids is 5. The SMILES string of the molecule is COC(=O)CNC(=O)[C@H](CSC(=O)[C@H](C)NC(=O)OCc1ccccc1)NC(=O)CN. The predicted molar refractivity (Wildman–Crippen MR) is 113 cm³/mol. The van der Waals surface area contributed by atoms with E-state index in [0.717, 1.165) is 24.4 Å². The van der Waals surface area contributed by atoms with Crippen molar-refractivity contribution >= 4 is 40.8 Å². The summed E-state index contributed by atoms with van der Waals surface area (Å²) in [6, 6.07) is 7.00. The Balaban J connectivity index is 2.52. The molecule has 0 fully saturated rings. The lowest BCUT2D eigenvalue weighted by atomic mass is 10.2. The predicted octanol–water partition coefficient (Wildman–Crippen LogP) is -0.706. The van der Waals surface area contributed by atoms with Crippen molar-refractivity contribution in [2.24, 2.45) is 5.73 Å². The fourth-order valence-electron chi connectivity index (χ4n) is 2.08. The molecule has 170 valence electrons. The van der Waals surface area contributed by atoms with Crippen LogP contribution in [0.2, 0.25) is 0 Å². The van der Waals surface area contributed by atoms with Crippen LogP contribution in [0.4, 0.5) is 4.79 Å². The number of methoxy groups -OCH3 is 1. The summed E-state index contributed by atoms with van der Waals surface area (Å²) in [6.07, 6.45) is -0.769. The van der Waals surface area contributed by atoms with E-state index < -0.39 is 47.6 Å². The monoisotopic (exact) mass is 454 g/mol. The van der Waals surface area contributed by atoms with Gasteiger partial charge in [0.1, 0.15) is 19.2 Å². The van der Waals surface area contributed by atoms with Gasteiger partial charge in [-0.2, -0.15) is 0 Å². The molecule has 0 aromatic heterocycles. The van der Waals surface area contributed by atoms with Crippen LogP contribution in [-0.4, -0.2) is 67.0 Å². The lowest BCUT2D eigenvalue weighted by Crippen LogP contribution is -2.51. The largest absolute Gasteiger partial charge is 0.468 e. The van der Waals surface area contributed by atoms with Gasteiger partial charge < -0.3 is 31.2 Å². The fraction of sp³-hybridized carbons (Fsp3) is 0.421. The van der Waals surface area contributed by atoms with Gasteiger partial charge in [0, 0.05) is 5.75 Å². The molecule has 0 aliphatic rings. The van der Waals surface area contributed by atoms with Gasteiger partial charge in [-0.3, -0.25) is 19.2 Å². The van der Waals surface area contributed by atoms with E-state index in [1.54, 1.807) is 24.3 Å². The third-order valence-electron chi connectivity index (χ3n) is 3.76. The number of benzene rings is 1. The van der Waals surface area contributed by atoms with Gasteiger partial charge in [0.2, 0.25) is 16.9 Å². The molecular formula is C19H26N4O7S. The summed E-state index contributed by atoms with van der Waals surface area (Å²) in [5, 5.41) is 6.61. The Morgan fingerprint density at radius 1 is 1.10 bits per heavy atom. The van der Waals surface area contributed by atoms with E-state index in [1.807, 2.05) is 6.07 Å². The Bertz CT molecular complexity index is 776. The van der Waals surface area contributed by atoms with Gasteiger partial charge in [-0.25, -0.2) is 4.79 Å². The van der Waals surface area contributed by atoms with Gasteiger partial charge in [0.25, 0.3) is 0 Å². The highest BCUT2D eigenvalue weighted by Gasteiger charge is 2.24. The standard InChI is InChI=1S/C19H26N4O7S/c1-12(22-19(28)30-10-13-6-4-3-5-7-13)18(27)31-11-14(23-15(24)8-20)17(26)21-9-16(25)29-2/h3-7,12,14H,8-11,20H2,1-2H3,(H,21,26)(H,22,28)(H,23,24)/t12-,14-/m0/s1. The molecule has 5 N–H and O–H groups in total. The highest BCUT2D eigenvalue weighted by Crippen LogP contribution is 2.09. The molecular weight excluding hydrogens is 428 g/mol. The number of rotatable bonds is 11. The first-order chi connectivity index (χ1) is 14.8. The Hall–Kier alpha value is -3.12. The molecule has 0 radical (unpaired) electrons. The van der Waals surface area contributed by atoms with E-state index in [9.17, 15) is 24.0 Å². The average molecular weight is 455 g/mol.